The van der Waals surface area contributed by atoms with Gasteiger partial charge in [-0.05, 0) is 91.3 Å². The quantitative estimate of drug-likeness (QED) is 0.130. The molecule has 0 saturated carbocycles. The van der Waals surface area contributed by atoms with E-state index in [1.165, 1.54) is 54.9 Å². The van der Waals surface area contributed by atoms with Crippen LogP contribution in [-0.4, -0.2) is 0 Å². The third-order valence-electron chi connectivity index (χ3n) is 8.84. The Morgan fingerprint density at radius 1 is 0.277 bits per heavy atom. The second kappa shape index (κ2) is 12.7. The van der Waals surface area contributed by atoms with E-state index in [1.807, 2.05) is 6.07 Å². The molecule has 0 unspecified atom stereocenters. The van der Waals surface area contributed by atoms with Gasteiger partial charge in [-0.15, -0.1) is 0 Å². The van der Waals surface area contributed by atoms with E-state index in [9.17, 15) is 0 Å². The van der Waals surface area contributed by atoms with Crippen LogP contribution in [0.25, 0.3) is 56.0 Å². The first-order valence-corrected chi connectivity index (χ1v) is 16.1. The van der Waals surface area contributed by atoms with Gasteiger partial charge < -0.3 is 4.90 Å². The lowest BCUT2D eigenvalue weighted by atomic mass is 9.86. The summed E-state index contributed by atoms with van der Waals surface area (Å²) in [7, 11) is 0. The molecule has 0 saturated heterocycles. The largest absolute Gasteiger partial charge is 0.311 e. The van der Waals surface area contributed by atoms with Gasteiger partial charge in [0.2, 0.25) is 0 Å². The summed E-state index contributed by atoms with van der Waals surface area (Å²) < 4.78 is 0. The van der Waals surface area contributed by atoms with E-state index in [4.69, 9.17) is 0 Å². The van der Waals surface area contributed by atoms with Gasteiger partial charge in [0.05, 0.1) is 0 Å². The first-order valence-electron chi connectivity index (χ1n) is 16.1. The van der Waals surface area contributed by atoms with E-state index in [0.717, 1.165) is 17.1 Å². The summed E-state index contributed by atoms with van der Waals surface area (Å²) in [6, 6.07) is 67.3. The van der Waals surface area contributed by atoms with Crippen molar-refractivity contribution in [2.75, 3.05) is 4.90 Å². The number of benzene rings is 8. The van der Waals surface area contributed by atoms with Crippen LogP contribution in [0.15, 0.2) is 188 Å². The molecule has 0 aliphatic carbocycles. The van der Waals surface area contributed by atoms with Crippen LogP contribution in [0.4, 0.5) is 17.1 Å². The van der Waals surface area contributed by atoms with Crippen LogP contribution >= 0.6 is 0 Å². The van der Waals surface area contributed by atoms with Crippen molar-refractivity contribution in [3.05, 3.63) is 199 Å². The van der Waals surface area contributed by atoms with E-state index in [1.54, 1.807) is 0 Å². The maximum absolute atomic E-state index is 2.31. The molecule has 0 aromatic heterocycles. The van der Waals surface area contributed by atoms with Gasteiger partial charge in [-0.2, -0.15) is 0 Å². The van der Waals surface area contributed by atoms with Gasteiger partial charge in [-0.3, -0.25) is 0 Å². The van der Waals surface area contributed by atoms with Crippen molar-refractivity contribution in [1.29, 1.82) is 0 Å². The number of rotatable bonds is 7. The summed E-state index contributed by atoms with van der Waals surface area (Å²) >= 11 is 0. The Kier molecular flexibility index (Phi) is 7.63. The summed E-state index contributed by atoms with van der Waals surface area (Å²) in [4.78, 5) is 2.31. The molecule has 0 N–H and O–H groups in total. The highest BCUT2D eigenvalue weighted by Crippen LogP contribution is 2.44. The zero-order valence-electron chi connectivity index (χ0n) is 26.0. The first kappa shape index (κ1) is 28.3. The zero-order valence-corrected chi connectivity index (χ0v) is 26.0. The lowest BCUT2D eigenvalue weighted by molar-refractivity contribution is 1.28. The first-order chi connectivity index (χ1) is 23.3. The molecule has 8 aromatic carbocycles. The summed E-state index contributed by atoms with van der Waals surface area (Å²) in [5.41, 5.74) is 10.7. The molecule has 0 aliphatic rings. The van der Waals surface area contributed by atoms with E-state index in [-0.39, 0.29) is 0 Å². The Balaban J connectivity index is 1.23. The molecule has 0 atom stereocenters. The molecule has 0 bridgehead atoms. The maximum Gasteiger partial charge on any atom is 0.0462 e. The molecule has 0 heterocycles. The molecule has 0 fully saturated rings. The fourth-order valence-electron chi connectivity index (χ4n) is 6.65. The van der Waals surface area contributed by atoms with Crippen LogP contribution in [0.3, 0.4) is 0 Å². The number of nitrogens with zero attached hydrogens (tertiary/aromatic N) is 1. The molecule has 0 amide bonds. The van der Waals surface area contributed by atoms with Gasteiger partial charge in [0.15, 0.2) is 0 Å². The lowest BCUT2D eigenvalue weighted by Crippen LogP contribution is -2.09. The smallest absolute Gasteiger partial charge is 0.0462 e. The summed E-state index contributed by atoms with van der Waals surface area (Å²) in [5, 5.41) is 5.02. The average Bonchev–Trinajstić information content (AvgIpc) is 3.15. The third-order valence-corrected chi connectivity index (χ3v) is 8.84. The van der Waals surface area contributed by atoms with Crippen molar-refractivity contribution in [3.8, 4) is 22.3 Å². The Hall–Kier alpha value is -6.18. The highest BCUT2D eigenvalue weighted by molar-refractivity contribution is 6.21. The van der Waals surface area contributed by atoms with Gasteiger partial charge in [0, 0.05) is 17.1 Å². The number of hydrogen-bond donors (Lipinski definition) is 0. The second-order valence-electron chi connectivity index (χ2n) is 11.8. The minimum atomic E-state index is 1.12. The molecule has 1 heteroatoms. The minimum absolute atomic E-state index is 1.12. The topological polar surface area (TPSA) is 3.24 Å². The molecule has 0 radical (unpaired) electrons. The predicted octanol–water partition coefficient (Wildman–Crippen LogP) is 13.0. The fourth-order valence-corrected chi connectivity index (χ4v) is 6.65. The van der Waals surface area contributed by atoms with Crippen molar-refractivity contribution >= 4 is 50.8 Å². The van der Waals surface area contributed by atoms with Crippen molar-refractivity contribution in [3.63, 3.8) is 0 Å². The Morgan fingerprint density at radius 2 is 0.596 bits per heavy atom. The van der Waals surface area contributed by atoms with Gasteiger partial charge in [0.25, 0.3) is 0 Å². The maximum atomic E-state index is 2.31. The van der Waals surface area contributed by atoms with Crippen LogP contribution in [0.2, 0.25) is 0 Å². The number of hydrogen-bond acceptors (Lipinski definition) is 1. The number of anilines is 3. The van der Waals surface area contributed by atoms with E-state index < -0.39 is 0 Å². The van der Waals surface area contributed by atoms with Crippen LogP contribution < -0.4 is 4.90 Å². The van der Waals surface area contributed by atoms with Gasteiger partial charge in [-0.25, -0.2) is 0 Å². The molecular formula is C46H33N. The molecule has 8 aromatic rings. The second-order valence-corrected chi connectivity index (χ2v) is 11.8. The molecular weight excluding hydrogens is 567 g/mol. The molecule has 0 aliphatic heterocycles. The van der Waals surface area contributed by atoms with Crippen LogP contribution in [0.1, 0.15) is 11.1 Å². The Morgan fingerprint density at radius 3 is 1.02 bits per heavy atom. The minimum Gasteiger partial charge on any atom is -0.311 e. The predicted molar refractivity (Wildman–Crippen MR) is 202 cm³/mol. The van der Waals surface area contributed by atoms with Gasteiger partial charge >= 0.3 is 0 Å². The van der Waals surface area contributed by atoms with Crippen molar-refractivity contribution in [1.82, 2.24) is 0 Å². The van der Waals surface area contributed by atoms with Crippen molar-refractivity contribution in [2.45, 2.75) is 0 Å². The molecule has 0 spiro atoms. The van der Waals surface area contributed by atoms with Crippen molar-refractivity contribution < 1.29 is 0 Å². The molecule has 222 valence electrons. The fraction of sp³-hybridized carbons (Fsp3) is 0. The lowest BCUT2D eigenvalue weighted by Gasteiger charge is -2.25. The number of para-hydroxylation sites is 2. The van der Waals surface area contributed by atoms with Gasteiger partial charge in [-0.1, -0.05) is 164 Å². The normalized spacial score (nSPS) is 11.3. The van der Waals surface area contributed by atoms with Crippen LogP contribution in [-0.2, 0) is 0 Å². The Labute approximate surface area is 276 Å². The Bertz CT molecular complexity index is 2210. The third kappa shape index (κ3) is 5.60. The van der Waals surface area contributed by atoms with E-state index in [0.29, 0.717) is 0 Å². The van der Waals surface area contributed by atoms with Crippen LogP contribution in [0, 0.1) is 0 Å². The summed E-state index contributed by atoms with van der Waals surface area (Å²) in [6.07, 6.45) is 4.34. The molecule has 47 heavy (non-hydrogen) atoms. The van der Waals surface area contributed by atoms with Gasteiger partial charge in [0.1, 0.15) is 0 Å². The SMILES string of the molecule is C(=Cc1ccc(-c2c3ccccc3c(-c3ccc(N(c4ccccc4)c4ccccc4)cc3)c3ccccc23)cc1)c1ccccc1. The standard InChI is InChI=1S/C46H33N/c1-4-14-34(15-5-1)24-25-35-26-28-36(29-27-35)45-41-20-10-12-22-43(41)46(44-23-13-11-21-42(44)45)37-30-32-40(33-31-37)47(38-16-6-2-7-17-38)39-18-8-3-9-19-39/h1-33H. The average molecular weight is 600 g/mol. The molecule has 1 nitrogen and oxygen atoms in total. The monoisotopic (exact) mass is 599 g/mol. The highest BCUT2D eigenvalue weighted by atomic mass is 15.1. The van der Waals surface area contributed by atoms with E-state index in [2.05, 4.69) is 199 Å². The van der Waals surface area contributed by atoms with E-state index >= 15 is 0 Å². The number of fused-ring (bicyclic) bond motifs is 2. The molecule has 8 rings (SSSR count). The summed E-state index contributed by atoms with van der Waals surface area (Å²) in [5.74, 6) is 0. The summed E-state index contributed by atoms with van der Waals surface area (Å²) in [6.45, 7) is 0. The zero-order chi connectivity index (χ0) is 31.4. The van der Waals surface area contributed by atoms with Crippen LogP contribution in [0.5, 0.6) is 0 Å². The van der Waals surface area contributed by atoms with Crippen molar-refractivity contribution in [2.24, 2.45) is 0 Å². The highest BCUT2D eigenvalue weighted by Gasteiger charge is 2.17.